The standard InChI is InChI=1S/C34H29BrN2O4S/c1-21-5-11-24(12-6-21)20-41-31-29(35)18-25(19-30(31)40-4)17-28-32(38)36(26-13-7-22(2)8-14-26)34(42)37(33(28)39)27-15-9-23(3)10-16-27/h5-19H,20H2,1-4H3. The summed E-state index contributed by atoms with van der Waals surface area (Å²) in [5.41, 5.74) is 5.96. The predicted molar refractivity (Wildman–Crippen MR) is 174 cm³/mol. The van der Waals surface area contributed by atoms with Gasteiger partial charge in [0.25, 0.3) is 11.8 Å². The molecule has 0 atom stereocenters. The number of aryl methyl sites for hydroxylation is 3. The van der Waals surface area contributed by atoms with E-state index in [2.05, 4.69) is 15.9 Å². The Bertz CT molecular complexity index is 1630. The summed E-state index contributed by atoms with van der Waals surface area (Å²) in [6, 6.07) is 26.5. The van der Waals surface area contributed by atoms with Crippen LogP contribution in [0.5, 0.6) is 11.5 Å². The molecule has 0 unspecified atom stereocenters. The molecule has 6 nitrogen and oxygen atoms in total. The zero-order valence-electron chi connectivity index (χ0n) is 23.7. The van der Waals surface area contributed by atoms with Gasteiger partial charge in [-0.2, -0.15) is 0 Å². The van der Waals surface area contributed by atoms with E-state index in [0.29, 0.717) is 39.5 Å². The first-order valence-electron chi connectivity index (χ1n) is 13.3. The summed E-state index contributed by atoms with van der Waals surface area (Å²) in [6.45, 7) is 6.31. The molecule has 4 aromatic carbocycles. The fraction of sp³-hybridized carbons (Fsp3) is 0.147. The monoisotopic (exact) mass is 640 g/mol. The highest BCUT2D eigenvalue weighted by molar-refractivity contribution is 9.10. The number of carbonyl (C=O) groups excluding carboxylic acids is 2. The highest BCUT2D eigenvalue weighted by Crippen LogP contribution is 2.38. The lowest BCUT2D eigenvalue weighted by Gasteiger charge is -2.36. The second-order valence-electron chi connectivity index (χ2n) is 10.1. The molecule has 5 rings (SSSR count). The van der Waals surface area contributed by atoms with Crippen LogP contribution in [0.25, 0.3) is 6.08 Å². The maximum atomic E-state index is 13.9. The summed E-state index contributed by atoms with van der Waals surface area (Å²) < 4.78 is 12.4. The average Bonchev–Trinajstić information content (AvgIpc) is 2.97. The fourth-order valence-electron chi connectivity index (χ4n) is 4.54. The molecular weight excluding hydrogens is 612 g/mol. The van der Waals surface area contributed by atoms with E-state index in [4.69, 9.17) is 21.7 Å². The maximum absolute atomic E-state index is 13.9. The Morgan fingerprint density at radius 2 is 1.24 bits per heavy atom. The van der Waals surface area contributed by atoms with Crippen LogP contribution in [-0.4, -0.2) is 24.0 Å². The van der Waals surface area contributed by atoms with Gasteiger partial charge in [0.1, 0.15) is 12.2 Å². The van der Waals surface area contributed by atoms with Crippen molar-refractivity contribution in [2.24, 2.45) is 0 Å². The summed E-state index contributed by atoms with van der Waals surface area (Å²) in [6.07, 6.45) is 1.56. The van der Waals surface area contributed by atoms with Crippen LogP contribution < -0.4 is 19.3 Å². The number of halogens is 1. The minimum absolute atomic E-state index is 0.0352. The van der Waals surface area contributed by atoms with Gasteiger partial charge in [-0.1, -0.05) is 65.2 Å². The number of rotatable bonds is 7. The lowest BCUT2D eigenvalue weighted by atomic mass is 10.0. The Hall–Kier alpha value is -4.27. The van der Waals surface area contributed by atoms with E-state index in [-0.39, 0.29) is 10.7 Å². The number of carbonyl (C=O) groups is 2. The topological polar surface area (TPSA) is 59.1 Å². The molecule has 212 valence electrons. The normalized spacial score (nSPS) is 13.5. The number of hydrogen-bond donors (Lipinski definition) is 0. The van der Waals surface area contributed by atoms with Crippen molar-refractivity contribution in [1.29, 1.82) is 0 Å². The number of amides is 2. The van der Waals surface area contributed by atoms with Crippen molar-refractivity contribution < 1.29 is 19.1 Å². The van der Waals surface area contributed by atoms with E-state index in [1.165, 1.54) is 15.4 Å². The van der Waals surface area contributed by atoms with E-state index in [1.807, 2.05) is 93.6 Å². The van der Waals surface area contributed by atoms with Gasteiger partial charge in [0.05, 0.1) is 23.0 Å². The van der Waals surface area contributed by atoms with Crippen LogP contribution in [0, 0.1) is 20.8 Å². The third-order valence-corrected chi connectivity index (χ3v) is 7.85. The van der Waals surface area contributed by atoms with Crippen molar-refractivity contribution in [2.45, 2.75) is 27.4 Å². The number of anilines is 2. The van der Waals surface area contributed by atoms with Crippen molar-refractivity contribution in [1.82, 2.24) is 0 Å². The zero-order chi connectivity index (χ0) is 30.0. The Morgan fingerprint density at radius 1 is 0.762 bits per heavy atom. The van der Waals surface area contributed by atoms with E-state index in [0.717, 1.165) is 16.7 Å². The van der Waals surface area contributed by atoms with Gasteiger partial charge in [-0.05, 0) is 103 Å². The number of hydrogen-bond acceptors (Lipinski definition) is 5. The second kappa shape index (κ2) is 12.3. The molecule has 0 radical (unpaired) electrons. The molecule has 2 amide bonds. The molecule has 0 aliphatic carbocycles. The van der Waals surface area contributed by atoms with E-state index in [1.54, 1.807) is 25.3 Å². The molecule has 1 saturated heterocycles. The summed E-state index contributed by atoms with van der Waals surface area (Å²) in [4.78, 5) is 30.6. The van der Waals surface area contributed by atoms with Crippen LogP contribution in [0.3, 0.4) is 0 Å². The van der Waals surface area contributed by atoms with Gasteiger partial charge in [-0.15, -0.1) is 0 Å². The minimum Gasteiger partial charge on any atom is -0.493 e. The molecule has 1 fully saturated rings. The molecule has 42 heavy (non-hydrogen) atoms. The summed E-state index contributed by atoms with van der Waals surface area (Å²) in [5, 5.41) is 0.0912. The zero-order valence-corrected chi connectivity index (χ0v) is 26.1. The van der Waals surface area contributed by atoms with Crippen LogP contribution in [0.2, 0.25) is 0 Å². The summed E-state index contributed by atoms with van der Waals surface area (Å²) in [7, 11) is 1.55. The summed E-state index contributed by atoms with van der Waals surface area (Å²) >= 11 is 9.34. The third-order valence-electron chi connectivity index (χ3n) is 6.90. The summed E-state index contributed by atoms with van der Waals surface area (Å²) in [5.74, 6) is -0.0374. The predicted octanol–water partition coefficient (Wildman–Crippen LogP) is 7.71. The van der Waals surface area contributed by atoms with Crippen LogP contribution in [0.15, 0.2) is 95.0 Å². The number of ether oxygens (including phenoxy) is 2. The first-order chi connectivity index (χ1) is 20.2. The van der Waals surface area contributed by atoms with Crippen molar-refractivity contribution in [3.8, 4) is 11.5 Å². The number of thiocarbonyl (C=S) groups is 1. The first-order valence-corrected chi connectivity index (χ1v) is 14.5. The second-order valence-corrected chi connectivity index (χ2v) is 11.3. The van der Waals surface area contributed by atoms with Crippen molar-refractivity contribution >= 4 is 62.5 Å². The molecule has 0 saturated carbocycles. The Labute approximate surface area is 259 Å². The Kier molecular flexibility index (Phi) is 8.56. The quantitative estimate of drug-likeness (QED) is 0.118. The lowest BCUT2D eigenvalue weighted by Crippen LogP contribution is -2.56. The average molecular weight is 642 g/mol. The highest BCUT2D eigenvalue weighted by atomic mass is 79.9. The van der Waals surface area contributed by atoms with Crippen LogP contribution in [0.1, 0.15) is 27.8 Å². The van der Waals surface area contributed by atoms with Crippen molar-refractivity contribution in [3.63, 3.8) is 0 Å². The Balaban J connectivity index is 1.54. The van der Waals surface area contributed by atoms with Gasteiger partial charge < -0.3 is 9.47 Å². The molecule has 0 spiro atoms. The van der Waals surface area contributed by atoms with E-state index in [9.17, 15) is 9.59 Å². The van der Waals surface area contributed by atoms with Gasteiger partial charge in [0.2, 0.25) is 0 Å². The lowest BCUT2D eigenvalue weighted by molar-refractivity contribution is -0.120. The number of benzene rings is 4. The van der Waals surface area contributed by atoms with E-state index >= 15 is 0 Å². The van der Waals surface area contributed by atoms with Gasteiger partial charge in [-0.25, -0.2) is 0 Å². The molecule has 4 aromatic rings. The number of nitrogens with zero attached hydrogens (tertiary/aromatic N) is 2. The Morgan fingerprint density at radius 3 is 1.71 bits per heavy atom. The first kappa shape index (κ1) is 29.2. The number of methoxy groups -OCH3 is 1. The van der Waals surface area contributed by atoms with Gasteiger partial charge in [0, 0.05) is 0 Å². The molecule has 0 bridgehead atoms. The van der Waals surface area contributed by atoms with Gasteiger partial charge >= 0.3 is 0 Å². The fourth-order valence-corrected chi connectivity index (χ4v) is 5.49. The van der Waals surface area contributed by atoms with Gasteiger partial charge in [-0.3, -0.25) is 19.4 Å². The minimum atomic E-state index is -0.507. The molecular formula is C34H29BrN2O4S. The smallest absolute Gasteiger partial charge is 0.270 e. The molecule has 0 N–H and O–H groups in total. The van der Waals surface area contributed by atoms with E-state index < -0.39 is 11.8 Å². The van der Waals surface area contributed by atoms with Crippen molar-refractivity contribution in [3.05, 3.63) is 123 Å². The van der Waals surface area contributed by atoms with Crippen molar-refractivity contribution in [2.75, 3.05) is 16.9 Å². The SMILES string of the molecule is COc1cc(C=C2C(=O)N(c3ccc(C)cc3)C(=S)N(c3ccc(C)cc3)C2=O)cc(Br)c1OCc1ccc(C)cc1. The molecule has 1 heterocycles. The molecule has 1 aliphatic rings. The maximum Gasteiger partial charge on any atom is 0.270 e. The molecule has 0 aromatic heterocycles. The largest absolute Gasteiger partial charge is 0.493 e. The molecule has 1 aliphatic heterocycles. The van der Waals surface area contributed by atoms with Crippen LogP contribution >= 0.6 is 28.1 Å². The van der Waals surface area contributed by atoms with Crippen LogP contribution in [-0.2, 0) is 16.2 Å². The highest BCUT2D eigenvalue weighted by Gasteiger charge is 2.41. The molecule has 8 heteroatoms. The van der Waals surface area contributed by atoms with Gasteiger partial charge in [0.15, 0.2) is 16.6 Å². The third kappa shape index (κ3) is 6.00. The van der Waals surface area contributed by atoms with Crippen LogP contribution in [0.4, 0.5) is 11.4 Å².